The third-order valence-corrected chi connectivity index (χ3v) is 4.53. The molecule has 27 heavy (non-hydrogen) atoms. The van der Waals surface area contributed by atoms with Crippen LogP contribution in [0.5, 0.6) is 5.75 Å². The second-order valence-corrected chi connectivity index (χ2v) is 7.38. The van der Waals surface area contributed by atoms with E-state index in [9.17, 15) is 18.4 Å². The van der Waals surface area contributed by atoms with Crippen LogP contribution in [0.4, 0.5) is 8.78 Å². The van der Waals surface area contributed by atoms with E-state index in [1.54, 1.807) is 0 Å². The summed E-state index contributed by atoms with van der Waals surface area (Å²) < 4.78 is 33.2. The Kier molecular flexibility index (Phi) is 7.28. The molecule has 0 saturated carbocycles. The highest BCUT2D eigenvalue weighted by Gasteiger charge is 2.32. The maximum absolute atomic E-state index is 14.0. The van der Waals surface area contributed by atoms with Crippen molar-refractivity contribution in [1.29, 1.82) is 0 Å². The number of carbonyl (C=O) groups excluding carboxylic acids is 1. The quantitative estimate of drug-likeness (QED) is 0.517. The zero-order valence-electron chi connectivity index (χ0n) is 14.7. The molecule has 1 aliphatic rings. The molecule has 1 saturated heterocycles. The number of hydrogen-bond donors (Lipinski definition) is 2. The van der Waals surface area contributed by atoms with Crippen molar-refractivity contribution in [3.05, 3.63) is 29.3 Å². The molecule has 0 spiro atoms. The summed E-state index contributed by atoms with van der Waals surface area (Å²) in [6, 6.07) is 2.12. The number of halogens is 2. The van der Waals surface area contributed by atoms with Gasteiger partial charge in [-0.3, -0.25) is 9.59 Å². The fourth-order valence-electron chi connectivity index (χ4n) is 2.08. The number of hydrogen-bond acceptors (Lipinski definition) is 6. The molecule has 10 heteroatoms. The first kappa shape index (κ1) is 20.8. The van der Waals surface area contributed by atoms with Gasteiger partial charge in [-0.1, -0.05) is 25.6 Å². The Hall–Kier alpha value is -2.49. The topological polar surface area (TPSA) is 100 Å². The average Bonchev–Trinajstić information content (AvgIpc) is 2.89. The summed E-state index contributed by atoms with van der Waals surface area (Å²) in [5.74, 6) is -3.36. The van der Waals surface area contributed by atoms with Gasteiger partial charge in [-0.15, -0.1) is 5.10 Å². The van der Waals surface area contributed by atoms with E-state index in [0.29, 0.717) is 12.3 Å². The summed E-state index contributed by atoms with van der Waals surface area (Å²) in [5.41, 5.74) is 0.127. The van der Waals surface area contributed by atoms with Gasteiger partial charge in [-0.2, -0.15) is 5.10 Å². The highest BCUT2D eigenvalue weighted by Crippen LogP contribution is 2.24. The number of carbonyl (C=O) groups is 2. The van der Waals surface area contributed by atoms with E-state index in [2.05, 4.69) is 15.5 Å². The Morgan fingerprint density at radius 2 is 2.07 bits per heavy atom. The molecule has 0 aromatic heterocycles. The second-order valence-electron chi connectivity index (χ2n) is 6.19. The molecule has 1 fully saturated rings. The Bertz CT molecular complexity index is 760. The van der Waals surface area contributed by atoms with Crippen LogP contribution in [0.2, 0.25) is 0 Å². The molecule has 1 amide bonds. The van der Waals surface area contributed by atoms with Crippen molar-refractivity contribution in [1.82, 2.24) is 5.32 Å². The first-order valence-electron chi connectivity index (χ1n) is 8.18. The van der Waals surface area contributed by atoms with Crippen LogP contribution >= 0.6 is 11.8 Å². The monoisotopic (exact) mass is 399 g/mol. The Morgan fingerprint density at radius 1 is 1.41 bits per heavy atom. The number of carboxylic acid groups (broad SMARTS) is 1. The summed E-state index contributed by atoms with van der Waals surface area (Å²) in [4.78, 5) is 22.2. The van der Waals surface area contributed by atoms with Crippen molar-refractivity contribution < 1.29 is 28.2 Å². The molecule has 0 bridgehead atoms. The highest BCUT2D eigenvalue weighted by molar-refractivity contribution is 8.15. The van der Waals surface area contributed by atoms with Crippen LogP contribution in [0, 0.1) is 17.6 Å². The predicted octanol–water partition coefficient (Wildman–Crippen LogP) is 2.79. The Morgan fingerprint density at radius 3 is 2.67 bits per heavy atom. The largest absolute Gasteiger partial charge is 0.488 e. The van der Waals surface area contributed by atoms with E-state index in [4.69, 9.17) is 9.84 Å². The van der Waals surface area contributed by atoms with Crippen LogP contribution in [0.15, 0.2) is 22.3 Å². The van der Waals surface area contributed by atoms with Gasteiger partial charge in [0.05, 0.1) is 19.2 Å². The van der Waals surface area contributed by atoms with E-state index in [1.165, 1.54) is 0 Å². The molecule has 1 heterocycles. The molecule has 1 aromatic rings. The lowest BCUT2D eigenvalue weighted by atomic mass is 10.1. The van der Waals surface area contributed by atoms with Gasteiger partial charge in [-0.25, -0.2) is 8.78 Å². The fraction of sp³-hybridized carbons (Fsp3) is 0.412. The molecule has 7 nitrogen and oxygen atoms in total. The number of amidine groups is 1. The fourth-order valence-corrected chi connectivity index (χ4v) is 3.00. The highest BCUT2D eigenvalue weighted by atomic mass is 32.2. The minimum absolute atomic E-state index is 0.122. The molecule has 1 aromatic carbocycles. The maximum atomic E-state index is 14.0. The summed E-state index contributed by atoms with van der Waals surface area (Å²) in [6.07, 6.45) is 1.45. The lowest BCUT2D eigenvalue weighted by molar-refractivity contribution is -0.138. The smallest absolute Gasteiger partial charge is 0.305 e. The number of aliphatic carboxylic acids is 1. The zero-order valence-corrected chi connectivity index (χ0v) is 15.6. The summed E-state index contributed by atoms with van der Waals surface area (Å²) in [7, 11) is 0. The molecule has 0 aliphatic carbocycles. The summed E-state index contributed by atoms with van der Waals surface area (Å²) >= 11 is 0.929. The molecular formula is C17H19F2N3O4S. The molecule has 2 rings (SSSR count). The lowest BCUT2D eigenvalue weighted by Gasteiger charge is -2.10. The van der Waals surface area contributed by atoms with E-state index in [-0.39, 0.29) is 23.8 Å². The van der Waals surface area contributed by atoms with Crippen LogP contribution in [-0.4, -0.2) is 40.2 Å². The van der Waals surface area contributed by atoms with Gasteiger partial charge in [0, 0.05) is 5.56 Å². The number of nitrogens with zero attached hydrogens (tertiary/aromatic N) is 2. The maximum Gasteiger partial charge on any atom is 0.305 e. The van der Waals surface area contributed by atoms with Crippen LogP contribution in [0.1, 0.15) is 32.3 Å². The van der Waals surface area contributed by atoms with Gasteiger partial charge in [-0.05, 0) is 24.5 Å². The Labute approximate surface area is 158 Å². The third kappa shape index (κ3) is 6.31. The van der Waals surface area contributed by atoms with Crippen molar-refractivity contribution >= 4 is 35.0 Å². The van der Waals surface area contributed by atoms with E-state index >= 15 is 0 Å². The van der Waals surface area contributed by atoms with Crippen molar-refractivity contribution in [3.63, 3.8) is 0 Å². The number of carboxylic acids is 1. The molecule has 146 valence electrons. The SMILES string of the molecule is CC(C)CCOc1c(F)cc(C=NN=C2NC(=O)C(CC(=O)O)S2)cc1F. The second kappa shape index (κ2) is 9.45. The van der Waals surface area contributed by atoms with E-state index in [1.807, 2.05) is 13.8 Å². The van der Waals surface area contributed by atoms with E-state index in [0.717, 1.165) is 30.1 Å². The van der Waals surface area contributed by atoms with Gasteiger partial charge >= 0.3 is 5.97 Å². The van der Waals surface area contributed by atoms with Crippen LogP contribution in [0.25, 0.3) is 0 Å². The van der Waals surface area contributed by atoms with Crippen molar-refractivity contribution in [2.45, 2.75) is 31.9 Å². The van der Waals surface area contributed by atoms with Crippen molar-refractivity contribution in [3.8, 4) is 5.75 Å². The average molecular weight is 399 g/mol. The van der Waals surface area contributed by atoms with Crippen LogP contribution in [0.3, 0.4) is 0 Å². The number of ether oxygens (including phenoxy) is 1. The number of thioether (sulfide) groups is 1. The number of benzene rings is 1. The first-order chi connectivity index (χ1) is 12.8. The molecule has 2 N–H and O–H groups in total. The zero-order chi connectivity index (χ0) is 20.0. The van der Waals surface area contributed by atoms with E-state index < -0.39 is 34.5 Å². The molecular weight excluding hydrogens is 380 g/mol. The minimum atomic E-state index is -1.10. The van der Waals surface area contributed by atoms with Gasteiger partial charge in [0.2, 0.25) is 5.91 Å². The Balaban J connectivity index is 2.01. The molecule has 1 atom stereocenters. The number of nitrogens with one attached hydrogen (secondary N) is 1. The molecule has 1 unspecified atom stereocenters. The number of amides is 1. The minimum Gasteiger partial charge on any atom is -0.488 e. The van der Waals surface area contributed by atoms with Gasteiger partial charge in [0.25, 0.3) is 0 Å². The van der Waals surface area contributed by atoms with Crippen molar-refractivity contribution in [2.75, 3.05) is 6.61 Å². The molecule has 1 aliphatic heterocycles. The van der Waals surface area contributed by atoms with Crippen LogP contribution in [-0.2, 0) is 9.59 Å². The molecule has 0 radical (unpaired) electrons. The summed E-state index contributed by atoms with van der Waals surface area (Å²) in [6.45, 7) is 4.17. The number of rotatable bonds is 8. The third-order valence-electron chi connectivity index (χ3n) is 3.45. The van der Waals surface area contributed by atoms with Gasteiger partial charge < -0.3 is 15.2 Å². The van der Waals surface area contributed by atoms with Gasteiger partial charge in [0.1, 0.15) is 5.25 Å². The standard InChI is InChI=1S/C17H19F2N3O4S/c1-9(2)3-4-26-15-11(18)5-10(6-12(15)19)8-20-22-17-21-16(25)13(27-17)7-14(23)24/h5-6,8-9,13H,3-4,7H2,1-2H3,(H,23,24)(H,21,22,25). The predicted molar refractivity (Wildman–Crippen MR) is 98.1 cm³/mol. The normalized spacial score (nSPS) is 18.5. The van der Waals surface area contributed by atoms with Gasteiger partial charge in [0.15, 0.2) is 22.6 Å². The first-order valence-corrected chi connectivity index (χ1v) is 9.06. The van der Waals surface area contributed by atoms with Crippen LogP contribution < -0.4 is 10.1 Å². The lowest BCUT2D eigenvalue weighted by Crippen LogP contribution is -2.26. The summed E-state index contributed by atoms with van der Waals surface area (Å²) in [5, 5.41) is 17.8. The van der Waals surface area contributed by atoms with Crippen molar-refractivity contribution in [2.24, 2.45) is 16.1 Å².